The number of likely N-dealkylation sites (tertiary alicyclic amines) is 1. The van der Waals surface area contributed by atoms with Crippen LogP contribution in [0.3, 0.4) is 0 Å². The SMILES string of the molecule is Cc1cc2nc(C3CCCCN3CC3(O)CCOCC3)ccn2n1. The first-order valence-corrected chi connectivity index (χ1v) is 9.00. The number of aliphatic hydroxyl groups is 1. The molecule has 6 nitrogen and oxygen atoms in total. The summed E-state index contributed by atoms with van der Waals surface area (Å²) in [6, 6.07) is 4.38. The fourth-order valence-corrected chi connectivity index (χ4v) is 4.00. The summed E-state index contributed by atoms with van der Waals surface area (Å²) < 4.78 is 7.25. The van der Waals surface area contributed by atoms with E-state index in [1.165, 1.54) is 12.8 Å². The van der Waals surface area contributed by atoms with Gasteiger partial charge in [-0.25, -0.2) is 9.50 Å². The molecule has 24 heavy (non-hydrogen) atoms. The van der Waals surface area contributed by atoms with E-state index in [0.717, 1.165) is 42.8 Å². The highest BCUT2D eigenvalue weighted by Crippen LogP contribution is 2.33. The van der Waals surface area contributed by atoms with E-state index >= 15 is 0 Å². The molecule has 1 N–H and O–H groups in total. The van der Waals surface area contributed by atoms with Crippen LogP contribution in [0.25, 0.3) is 5.65 Å². The molecule has 2 aromatic heterocycles. The summed E-state index contributed by atoms with van der Waals surface area (Å²) in [5.74, 6) is 0. The van der Waals surface area contributed by atoms with Gasteiger partial charge in [0, 0.05) is 44.9 Å². The minimum Gasteiger partial charge on any atom is -0.388 e. The fraction of sp³-hybridized carbons (Fsp3) is 0.667. The maximum Gasteiger partial charge on any atom is 0.155 e. The van der Waals surface area contributed by atoms with Crippen molar-refractivity contribution < 1.29 is 9.84 Å². The molecule has 1 atom stereocenters. The van der Waals surface area contributed by atoms with Crippen molar-refractivity contribution in [3.8, 4) is 0 Å². The molecule has 2 aliphatic rings. The van der Waals surface area contributed by atoms with Gasteiger partial charge in [0.1, 0.15) is 0 Å². The number of rotatable bonds is 3. The molecule has 0 spiro atoms. The van der Waals surface area contributed by atoms with Crippen molar-refractivity contribution in [1.29, 1.82) is 0 Å². The fourth-order valence-electron chi connectivity index (χ4n) is 4.00. The lowest BCUT2D eigenvalue weighted by atomic mass is 9.90. The maximum atomic E-state index is 10.9. The van der Waals surface area contributed by atoms with Gasteiger partial charge in [-0.1, -0.05) is 6.42 Å². The lowest BCUT2D eigenvalue weighted by Gasteiger charge is -2.42. The van der Waals surface area contributed by atoms with Crippen molar-refractivity contribution in [2.75, 3.05) is 26.3 Å². The van der Waals surface area contributed by atoms with Crippen molar-refractivity contribution >= 4 is 5.65 Å². The number of aromatic nitrogens is 3. The Bertz CT molecular complexity index is 708. The predicted octanol–water partition coefficient (Wildman–Crippen LogP) is 2.11. The highest BCUT2D eigenvalue weighted by Gasteiger charge is 2.36. The number of hydrogen-bond donors (Lipinski definition) is 1. The van der Waals surface area contributed by atoms with E-state index in [1.807, 2.05) is 23.7 Å². The zero-order valence-corrected chi connectivity index (χ0v) is 14.3. The molecule has 2 saturated heterocycles. The van der Waals surface area contributed by atoms with E-state index in [1.54, 1.807) is 0 Å². The number of hydrogen-bond acceptors (Lipinski definition) is 5. The van der Waals surface area contributed by atoms with Gasteiger partial charge >= 0.3 is 0 Å². The van der Waals surface area contributed by atoms with Crippen LogP contribution in [0.5, 0.6) is 0 Å². The molecule has 1 unspecified atom stereocenters. The van der Waals surface area contributed by atoms with E-state index in [4.69, 9.17) is 9.72 Å². The Morgan fingerprint density at radius 2 is 2.17 bits per heavy atom. The minimum atomic E-state index is -0.620. The van der Waals surface area contributed by atoms with Crippen LogP contribution in [0.2, 0.25) is 0 Å². The van der Waals surface area contributed by atoms with Gasteiger partial charge in [0.05, 0.1) is 23.0 Å². The van der Waals surface area contributed by atoms with Crippen LogP contribution in [0.1, 0.15) is 49.5 Å². The molecule has 2 aromatic rings. The Kier molecular flexibility index (Phi) is 4.28. The highest BCUT2D eigenvalue weighted by atomic mass is 16.5. The molecule has 130 valence electrons. The van der Waals surface area contributed by atoms with Crippen molar-refractivity contribution in [3.63, 3.8) is 0 Å². The Morgan fingerprint density at radius 3 is 3.00 bits per heavy atom. The molecule has 2 aliphatic heterocycles. The van der Waals surface area contributed by atoms with Crippen molar-refractivity contribution in [2.24, 2.45) is 0 Å². The van der Waals surface area contributed by atoms with Crippen molar-refractivity contribution in [3.05, 3.63) is 29.7 Å². The number of β-amino-alcohol motifs (C(OH)–C–C–N with tert-alkyl or cyclic N) is 1. The highest BCUT2D eigenvalue weighted by molar-refractivity contribution is 5.39. The predicted molar refractivity (Wildman–Crippen MR) is 90.9 cm³/mol. The molecule has 0 radical (unpaired) electrons. The van der Waals surface area contributed by atoms with Crippen LogP contribution in [0.15, 0.2) is 18.3 Å². The first kappa shape index (κ1) is 16.0. The Hall–Kier alpha value is -1.50. The van der Waals surface area contributed by atoms with Gasteiger partial charge in [-0.15, -0.1) is 0 Å². The first-order chi connectivity index (χ1) is 11.6. The van der Waals surface area contributed by atoms with E-state index in [2.05, 4.69) is 16.1 Å². The molecule has 0 saturated carbocycles. The summed E-state index contributed by atoms with van der Waals surface area (Å²) in [6.07, 6.45) is 6.96. The molecule has 6 heteroatoms. The summed E-state index contributed by atoms with van der Waals surface area (Å²) in [7, 11) is 0. The third-order valence-electron chi connectivity index (χ3n) is 5.34. The molecular formula is C18H26N4O2. The third kappa shape index (κ3) is 3.18. The zero-order chi connectivity index (χ0) is 16.6. The zero-order valence-electron chi connectivity index (χ0n) is 14.3. The topological polar surface area (TPSA) is 62.9 Å². The summed E-state index contributed by atoms with van der Waals surface area (Å²) in [6.45, 7) is 5.05. The quantitative estimate of drug-likeness (QED) is 0.934. The maximum absolute atomic E-state index is 10.9. The molecule has 2 fully saturated rings. The van der Waals surface area contributed by atoms with Gasteiger partial charge < -0.3 is 9.84 Å². The molecule has 0 amide bonds. The van der Waals surface area contributed by atoms with Crippen LogP contribution >= 0.6 is 0 Å². The van der Waals surface area contributed by atoms with E-state index in [9.17, 15) is 5.11 Å². The molecule has 4 heterocycles. The monoisotopic (exact) mass is 330 g/mol. The van der Waals surface area contributed by atoms with Crippen molar-refractivity contribution in [2.45, 2.75) is 50.7 Å². The van der Waals surface area contributed by atoms with Gasteiger partial charge in [-0.05, 0) is 32.4 Å². The number of fused-ring (bicyclic) bond motifs is 1. The lowest BCUT2D eigenvalue weighted by molar-refractivity contribution is -0.0888. The van der Waals surface area contributed by atoms with E-state index in [0.29, 0.717) is 19.8 Å². The molecule has 0 bridgehead atoms. The molecular weight excluding hydrogens is 304 g/mol. The average molecular weight is 330 g/mol. The van der Waals surface area contributed by atoms with Crippen LogP contribution in [0.4, 0.5) is 0 Å². The van der Waals surface area contributed by atoms with Crippen LogP contribution in [-0.2, 0) is 4.74 Å². The molecule has 4 rings (SSSR count). The second kappa shape index (κ2) is 6.43. The second-order valence-electron chi connectivity index (χ2n) is 7.26. The number of ether oxygens (including phenoxy) is 1. The number of nitrogens with zero attached hydrogens (tertiary/aromatic N) is 4. The van der Waals surface area contributed by atoms with Gasteiger partial charge in [0.25, 0.3) is 0 Å². The second-order valence-corrected chi connectivity index (χ2v) is 7.26. The van der Waals surface area contributed by atoms with Crippen LogP contribution in [0, 0.1) is 6.92 Å². The minimum absolute atomic E-state index is 0.283. The number of piperidine rings is 1. The van der Waals surface area contributed by atoms with Crippen LogP contribution < -0.4 is 0 Å². The first-order valence-electron chi connectivity index (χ1n) is 9.00. The van der Waals surface area contributed by atoms with Gasteiger partial charge in [-0.3, -0.25) is 4.90 Å². The van der Waals surface area contributed by atoms with Crippen LogP contribution in [-0.4, -0.2) is 56.5 Å². The molecule has 0 aliphatic carbocycles. The summed E-state index contributed by atoms with van der Waals surface area (Å²) in [5.41, 5.74) is 2.36. The van der Waals surface area contributed by atoms with Gasteiger partial charge in [-0.2, -0.15) is 5.10 Å². The Balaban J connectivity index is 1.58. The summed E-state index contributed by atoms with van der Waals surface area (Å²) in [4.78, 5) is 7.27. The van der Waals surface area contributed by atoms with E-state index < -0.39 is 5.60 Å². The van der Waals surface area contributed by atoms with Gasteiger partial charge in [0.2, 0.25) is 0 Å². The Labute approximate surface area is 142 Å². The normalized spacial score (nSPS) is 25.2. The molecule has 0 aromatic carbocycles. The average Bonchev–Trinajstić information content (AvgIpc) is 2.95. The van der Waals surface area contributed by atoms with E-state index in [-0.39, 0.29) is 6.04 Å². The summed E-state index contributed by atoms with van der Waals surface area (Å²) >= 11 is 0. The lowest BCUT2D eigenvalue weighted by Crippen LogP contribution is -2.49. The third-order valence-corrected chi connectivity index (χ3v) is 5.34. The number of aryl methyl sites for hydroxylation is 1. The standard InChI is InChI=1S/C18H26N4O2/c1-14-12-17-19-15(5-9-22(17)20-14)16-4-2-3-8-21(16)13-18(23)6-10-24-11-7-18/h5,9,12,16,23H,2-4,6-8,10-11,13H2,1H3. The Morgan fingerprint density at radius 1 is 1.33 bits per heavy atom. The smallest absolute Gasteiger partial charge is 0.155 e. The summed E-state index contributed by atoms with van der Waals surface area (Å²) in [5, 5.41) is 15.3. The van der Waals surface area contributed by atoms with Crippen molar-refractivity contribution in [1.82, 2.24) is 19.5 Å². The van der Waals surface area contributed by atoms with Gasteiger partial charge in [0.15, 0.2) is 5.65 Å². The largest absolute Gasteiger partial charge is 0.388 e.